The standard InChI is InChI=1S/C34H42O9/c1-9-17(2)30(38)41-27-24-23(32(24,7)8)26(40-21(6)35)20(5)28(37)33-16-19(4)29(34(33,43-33)15-18(3)25(27)36)42-31(39)22-13-11-10-12-14-22/h9-15,19-20,23-27,29,36H,16H2,1-8H3/b17-9-,18-15+/t19-,20+,23-,24+,25+,26+,27-,29-,33-,34-/m0/s1. The molecule has 1 aliphatic heterocycles. The van der Waals surface area contributed by atoms with Crippen molar-refractivity contribution in [2.45, 2.75) is 97.4 Å². The Labute approximate surface area is 252 Å². The molecule has 0 radical (unpaired) electrons. The number of carbonyl (C=O) groups excluding carboxylic acids is 4. The van der Waals surface area contributed by atoms with Crippen molar-refractivity contribution in [1.82, 2.24) is 0 Å². The average Bonchev–Trinajstić information content (AvgIpc) is 3.76. The molecule has 0 amide bonds. The maximum absolute atomic E-state index is 14.5. The molecule has 1 N–H and O–H groups in total. The van der Waals surface area contributed by atoms with Crippen molar-refractivity contribution >= 4 is 23.7 Å². The van der Waals surface area contributed by atoms with Gasteiger partial charge in [-0.15, -0.1) is 0 Å². The van der Waals surface area contributed by atoms with E-state index in [1.165, 1.54) is 6.92 Å². The first-order chi connectivity index (χ1) is 20.1. The predicted molar refractivity (Wildman–Crippen MR) is 156 cm³/mol. The fraction of sp³-hybridized carbons (Fsp3) is 0.588. The van der Waals surface area contributed by atoms with E-state index in [-0.39, 0.29) is 24.0 Å². The largest absolute Gasteiger partial charge is 0.461 e. The molecule has 1 aromatic carbocycles. The van der Waals surface area contributed by atoms with E-state index < -0.39 is 70.8 Å². The Bertz CT molecular complexity index is 1390. The highest BCUT2D eigenvalue weighted by Gasteiger charge is 2.84. The van der Waals surface area contributed by atoms with E-state index in [4.69, 9.17) is 18.9 Å². The smallest absolute Gasteiger partial charge is 0.338 e. The van der Waals surface area contributed by atoms with Crippen LogP contribution in [0.25, 0.3) is 0 Å². The summed E-state index contributed by atoms with van der Waals surface area (Å²) in [6.07, 6.45) is -0.327. The normalized spacial score (nSPS) is 40.8. The van der Waals surface area contributed by atoms with Gasteiger partial charge in [0.15, 0.2) is 17.0 Å². The van der Waals surface area contributed by atoms with Gasteiger partial charge in [-0.25, -0.2) is 9.59 Å². The number of rotatable bonds is 5. The third-order valence-electron chi connectivity index (χ3n) is 10.3. The molecule has 0 unspecified atom stereocenters. The summed E-state index contributed by atoms with van der Waals surface area (Å²) in [5.74, 6) is -3.73. The molecule has 0 spiro atoms. The van der Waals surface area contributed by atoms with Gasteiger partial charge in [-0.1, -0.05) is 52.0 Å². The van der Waals surface area contributed by atoms with Gasteiger partial charge >= 0.3 is 17.9 Å². The number of benzene rings is 1. The lowest BCUT2D eigenvalue weighted by Gasteiger charge is -2.28. The summed E-state index contributed by atoms with van der Waals surface area (Å²) >= 11 is 0. The number of ketones is 1. The van der Waals surface area contributed by atoms with Gasteiger partial charge in [0, 0.05) is 24.3 Å². The Balaban J connectivity index is 1.62. The van der Waals surface area contributed by atoms with Crippen LogP contribution in [0.5, 0.6) is 0 Å². The summed E-state index contributed by atoms with van der Waals surface area (Å²) in [7, 11) is 0. The summed E-state index contributed by atoms with van der Waals surface area (Å²) in [5.41, 5.74) is -2.02. The SMILES string of the molecule is C/C=C(/C)C(=O)O[C@H]1[C@H]2[C@@H]([C@H](OC(C)=O)[C@@H](C)C(=O)[C@@]34C[C@H](C)[C@H](OC(=O)c5ccccc5)[C@]3(/C=C(\C)[C@H]1O)O4)C2(C)C. The number of epoxide rings is 1. The molecule has 9 heteroatoms. The molecule has 1 heterocycles. The Kier molecular flexibility index (Phi) is 7.75. The number of aliphatic hydroxyl groups excluding tert-OH is 1. The van der Waals surface area contributed by atoms with Gasteiger partial charge in [0.2, 0.25) is 0 Å². The number of ether oxygens (including phenoxy) is 4. The van der Waals surface area contributed by atoms with Crippen molar-refractivity contribution in [2.24, 2.45) is 29.1 Å². The van der Waals surface area contributed by atoms with Crippen LogP contribution in [0.1, 0.15) is 72.2 Å². The predicted octanol–water partition coefficient (Wildman–Crippen LogP) is 4.37. The number of hydrogen-bond acceptors (Lipinski definition) is 9. The first-order valence-electron chi connectivity index (χ1n) is 15.0. The number of aliphatic hydroxyl groups is 1. The molecule has 3 aliphatic carbocycles. The number of Topliss-reactive ketones (excluding diaryl/α,β-unsaturated/α-hetero) is 1. The highest BCUT2D eigenvalue weighted by atomic mass is 16.7. The van der Waals surface area contributed by atoms with Gasteiger partial charge in [-0.05, 0) is 62.3 Å². The number of allylic oxidation sites excluding steroid dienone is 1. The third kappa shape index (κ3) is 4.85. The number of fused-ring (bicyclic) bond motifs is 1. The van der Waals surface area contributed by atoms with E-state index in [0.717, 1.165) is 0 Å². The molecule has 43 heavy (non-hydrogen) atoms. The topological polar surface area (TPSA) is 129 Å². The van der Waals surface area contributed by atoms with Gasteiger partial charge in [0.25, 0.3) is 0 Å². The van der Waals surface area contributed by atoms with Crippen molar-refractivity contribution in [2.75, 3.05) is 0 Å². The molecule has 10 atom stereocenters. The van der Waals surface area contributed by atoms with Crippen molar-refractivity contribution in [3.05, 3.63) is 59.2 Å². The fourth-order valence-corrected chi connectivity index (χ4v) is 7.79. The van der Waals surface area contributed by atoms with E-state index in [0.29, 0.717) is 16.7 Å². The van der Waals surface area contributed by atoms with Crippen LogP contribution >= 0.6 is 0 Å². The molecule has 9 nitrogen and oxygen atoms in total. The second-order valence-corrected chi connectivity index (χ2v) is 13.4. The van der Waals surface area contributed by atoms with Gasteiger partial charge in [-0.3, -0.25) is 9.59 Å². The summed E-state index contributed by atoms with van der Waals surface area (Å²) in [5, 5.41) is 11.8. The molecular formula is C34H42O9. The Morgan fingerprint density at radius 1 is 1.00 bits per heavy atom. The average molecular weight is 595 g/mol. The lowest BCUT2D eigenvalue weighted by molar-refractivity contribution is -0.157. The number of esters is 3. The van der Waals surface area contributed by atoms with Crippen LogP contribution in [-0.2, 0) is 33.3 Å². The highest BCUT2D eigenvalue weighted by molar-refractivity contribution is 5.96. The van der Waals surface area contributed by atoms with E-state index in [2.05, 4.69) is 0 Å². The molecule has 0 bridgehead atoms. The van der Waals surface area contributed by atoms with Crippen LogP contribution in [0.2, 0.25) is 0 Å². The lowest BCUT2D eigenvalue weighted by atomic mass is 9.80. The second kappa shape index (κ2) is 10.7. The fourth-order valence-electron chi connectivity index (χ4n) is 7.79. The molecule has 232 valence electrons. The van der Waals surface area contributed by atoms with Crippen LogP contribution in [0.15, 0.2) is 53.6 Å². The maximum atomic E-state index is 14.5. The molecule has 4 aliphatic rings. The molecule has 5 rings (SSSR count). The zero-order valence-corrected chi connectivity index (χ0v) is 26.1. The van der Waals surface area contributed by atoms with Crippen LogP contribution in [-0.4, -0.2) is 64.4 Å². The van der Waals surface area contributed by atoms with Gasteiger partial charge in [0.1, 0.15) is 24.4 Å². The number of hydrogen-bond donors (Lipinski definition) is 1. The van der Waals surface area contributed by atoms with Crippen LogP contribution in [0, 0.1) is 29.1 Å². The highest BCUT2D eigenvalue weighted by Crippen LogP contribution is 2.68. The van der Waals surface area contributed by atoms with E-state index >= 15 is 0 Å². The monoisotopic (exact) mass is 594 g/mol. The quantitative estimate of drug-likeness (QED) is 0.174. The van der Waals surface area contributed by atoms with E-state index in [1.807, 2.05) is 20.8 Å². The van der Waals surface area contributed by atoms with Gasteiger partial charge < -0.3 is 24.1 Å². The zero-order chi connectivity index (χ0) is 31.6. The molecule has 2 saturated carbocycles. The van der Waals surface area contributed by atoms with Gasteiger partial charge in [0.05, 0.1) is 11.5 Å². The summed E-state index contributed by atoms with van der Waals surface area (Å²) < 4.78 is 24.3. The van der Waals surface area contributed by atoms with Crippen molar-refractivity contribution in [3.63, 3.8) is 0 Å². The van der Waals surface area contributed by atoms with Crippen molar-refractivity contribution in [3.8, 4) is 0 Å². The minimum atomic E-state index is -1.34. The Hall–Kier alpha value is -3.30. The number of carbonyl (C=O) groups is 4. The first-order valence-corrected chi connectivity index (χ1v) is 15.0. The molecule has 1 saturated heterocycles. The first kappa shape index (κ1) is 31.1. The minimum Gasteiger partial charge on any atom is -0.461 e. The van der Waals surface area contributed by atoms with Crippen LogP contribution < -0.4 is 0 Å². The third-order valence-corrected chi connectivity index (χ3v) is 10.3. The second-order valence-electron chi connectivity index (χ2n) is 13.4. The van der Waals surface area contributed by atoms with E-state index in [9.17, 15) is 24.3 Å². The summed E-state index contributed by atoms with van der Waals surface area (Å²) in [6.45, 7) is 13.9. The minimum absolute atomic E-state index is 0.246. The van der Waals surface area contributed by atoms with Crippen molar-refractivity contribution < 1.29 is 43.2 Å². The van der Waals surface area contributed by atoms with Crippen LogP contribution in [0.3, 0.4) is 0 Å². The van der Waals surface area contributed by atoms with Gasteiger partial charge in [-0.2, -0.15) is 0 Å². The molecular weight excluding hydrogens is 552 g/mol. The Morgan fingerprint density at radius 3 is 2.23 bits per heavy atom. The molecule has 1 aromatic rings. The molecule has 3 fully saturated rings. The lowest BCUT2D eigenvalue weighted by Crippen LogP contribution is -2.43. The van der Waals surface area contributed by atoms with Crippen LogP contribution in [0.4, 0.5) is 0 Å². The summed E-state index contributed by atoms with van der Waals surface area (Å²) in [6, 6.07) is 8.58. The maximum Gasteiger partial charge on any atom is 0.338 e. The Morgan fingerprint density at radius 2 is 1.63 bits per heavy atom. The summed E-state index contributed by atoms with van der Waals surface area (Å²) in [4.78, 5) is 53.1. The van der Waals surface area contributed by atoms with Crippen molar-refractivity contribution in [1.29, 1.82) is 0 Å². The molecule has 0 aromatic heterocycles. The zero-order valence-electron chi connectivity index (χ0n) is 26.1. The van der Waals surface area contributed by atoms with E-state index in [1.54, 1.807) is 70.2 Å².